The summed E-state index contributed by atoms with van der Waals surface area (Å²) in [5, 5.41) is 3.25. The molecule has 2 fully saturated rings. The van der Waals surface area contributed by atoms with E-state index in [-0.39, 0.29) is 18.9 Å². The number of piperidine rings is 1. The maximum atomic E-state index is 13.5. The maximum Gasteiger partial charge on any atom is 0.243 e. The second-order valence-corrected chi connectivity index (χ2v) is 10.8. The monoisotopic (exact) mass is 450 g/mol. The van der Waals surface area contributed by atoms with Gasteiger partial charge in [0.05, 0.1) is 4.90 Å². The zero-order valence-corrected chi connectivity index (χ0v) is 20.1. The van der Waals surface area contributed by atoms with Crippen molar-refractivity contribution in [2.75, 3.05) is 52.4 Å². The van der Waals surface area contributed by atoms with E-state index in [4.69, 9.17) is 0 Å². The first-order valence-electron chi connectivity index (χ1n) is 11.6. The summed E-state index contributed by atoms with van der Waals surface area (Å²) in [5.41, 5.74) is 2.03. The molecule has 1 amide bonds. The number of hydrogen-bond acceptors (Lipinski definition) is 5. The van der Waals surface area contributed by atoms with Crippen molar-refractivity contribution in [2.24, 2.45) is 0 Å². The molecule has 1 atom stereocenters. The van der Waals surface area contributed by atoms with Crippen molar-refractivity contribution in [1.29, 1.82) is 0 Å². The Labute approximate surface area is 187 Å². The van der Waals surface area contributed by atoms with Gasteiger partial charge >= 0.3 is 0 Å². The van der Waals surface area contributed by atoms with Crippen molar-refractivity contribution < 1.29 is 13.2 Å². The van der Waals surface area contributed by atoms with Crippen LogP contribution in [0.15, 0.2) is 23.1 Å². The van der Waals surface area contributed by atoms with Gasteiger partial charge in [0, 0.05) is 58.3 Å². The summed E-state index contributed by atoms with van der Waals surface area (Å²) < 4.78 is 28.5. The summed E-state index contributed by atoms with van der Waals surface area (Å²) in [4.78, 5) is 17.2. The Bertz CT molecular complexity index is 852. The lowest BCUT2D eigenvalue weighted by atomic mass is 10.0. The number of benzene rings is 1. The van der Waals surface area contributed by atoms with Crippen LogP contribution in [-0.2, 0) is 14.8 Å². The second-order valence-electron chi connectivity index (χ2n) is 8.91. The number of carbonyl (C=O) groups is 1. The van der Waals surface area contributed by atoms with Gasteiger partial charge in [-0.25, -0.2) is 8.42 Å². The topological polar surface area (TPSA) is 73.0 Å². The van der Waals surface area contributed by atoms with Crippen molar-refractivity contribution in [3.05, 3.63) is 29.3 Å². The lowest BCUT2D eigenvalue weighted by molar-refractivity contribution is -0.131. The van der Waals surface area contributed by atoms with Gasteiger partial charge in [0.2, 0.25) is 15.9 Å². The van der Waals surface area contributed by atoms with Gasteiger partial charge in [-0.2, -0.15) is 4.31 Å². The molecule has 8 heteroatoms. The smallest absolute Gasteiger partial charge is 0.243 e. The molecule has 1 unspecified atom stereocenters. The largest absolute Gasteiger partial charge is 0.340 e. The number of nitrogens with one attached hydrogen (secondary N) is 1. The maximum absolute atomic E-state index is 13.5. The number of piperazine rings is 1. The number of sulfonamides is 1. The number of hydrogen-bond donors (Lipinski definition) is 1. The summed E-state index contributed by atoms with van der Waals surface area (Å²) >= 11 is 0. The molecule has 174 valence electrons. The SMILES string of the molecule is Cc1ccc(S(=O)(=O)N(CCC(=O)N2CCNCC2)CCN2CCCCC2C)cc1C. The average molecular weight is 451 g/mol. The Hall–Kier alpha value is -1.48. The molecule has 1 N–H and O–H groups in total. The predicted molar refractivity (Wildman–Crippen MR) is 124 cm³/mol. The van der Waals surface area contributed by atoms with E-state index in [2.05, 4.69) is 17.1 Å². The van der Waals surface area contributed by atoms with Gasteiger partial charge in [-0.15, -0.1) is 0 Å². The highest BCUT2D eigenvalue weighted by atomic mass is 32.2. The van der Waals surface area contributed by atoms with Crippen LogP contribution in [0, 0.1) is 13.8 Å². The minimum atomic E-state index is -3.66. The molecule has 0 saturated carbocycles. The number of aryl methyl sites for hydroxylation is 2. The lowest BCUT2D eigenvalue weighted by Gasteiger charge is -2.35. The zero-order chi connectivity index (χ0) is 22.4. The van der Waals surface area contributed by atoms with Gasteiger partial charge < -0.3 is 10.2 Å². The van der Waals surface area contributed by atoms with Gasteiger partial charge in [0.1, 0.15) is 0 Å². The van der Waals surface area contributed by atoms with E-state index >= 15 is 0 Å². The summed E-state index contributed by atoms with van der Waals surface area (Å²) in [7, 11) is -3.66. The molecule has 0 radical (unpaired) electrons. The Balaban J connectivity index is 1.73. The van der Waals surface area contributed by atoms with Crippen LogP contribution < -0.4 is 5.32 Å². The quantitative estimate of drug-likeness (QED) is 0.656. The zero-order valence-electron chi connectivity index (χ0n) is 19.3. The fourth-order valence-corrected chi connectivity index (χ4v) is 5.92. The van der Waals surface area contributed by atoms with Gasteiger partial charge in [-0.3, -0.25) is 9.69 Å². The van der Waals surface area contributed by atoms with Gasteiger partial charge in [0.25, 0.3) is 0 Å². The van der Waals surface area contributed by atoms with Crippen molar-refractivity contribution in [3.8, 4) is 0 Å². The molecule has 1 aromatic rings. The first-order valence-corrected chi connectivity index (χ1v) is 13.0. The Morgan fingerprint density at radius 1 is 1.10 bits per heavy atom. The fraction of sp³-hybridized carbons (Fsp3) is 0.696. The third-order valence-electron chi connectivity index (χ3n) is 6.74. The Morgan fingerprint density at radius 3 is 2.52 bits per heavy atom. The molecular weight excluding hydrogens is 412 g/mol. The van der Waals surface area contributed by atoms with E-state index in [1.807, 2.05) is 24.8 Å². The molecule has 31 heavy (non-hydrogen) atoms. The third-order valence-corrected chi connectivity index (χ3v) is 8.63. The predicted octanol–water partition coefficient (Wildman–Crippen LogP) is 1.99. The van der Waals surface area contributed by atoms with E-state index in [1.54, 1.807) is 12.1 Å². The van der Waals surface area contributed by atoms with Crippen molar-refractivity contribution >= 4 is 15.9 Å². The molecule has 0 spiro atoms. The standard InChI is InChI=1S/C23H38N4O3S/c1-19-7-8-22(18-20(19)2)31(29,30)27(17-16-25-12-5-4-6-21(25)3)13-9-23(28)26-14-10-24-11-15-26/h7-8,18,21,24H,4-6,9-17H2,1-3H3. The molecule has 2 aliphatic heterocycles. The van der Waals surface area contributed by atoms with Crippen molar-refractivity contribution in [1.82, 2.24) is 19.4 Å². The molecule has 1 aromatic carbocycles. The Morgan fingerprint density at radius 2 is 1.84 bits per heavy atom. The summed E-state index contributed by atoms with van der Waals surface area (Å²) in [6, 6.07) is 5.77. The third kappa shape index (κ3) is 6.28. The molecule has 2 aliphatic rings. The molecule has 2 saturated heterocycles. The van der Waals surface area contributed by atoms with Crippen LogP contribution in [-0.4, -0.2) is 86.8 Å². The van der Waals surface area contributed by atoms with Gasteiger partial charge in [-0.05, 0) is 63.4 Å². The summed E-state index contributed by atoms with van der Waals surface area (Å²) in [5.74, 6) is 0.0353. The van der Waals surface area contributed by atoms with Gasteiger partial charge in [0.15, 0.2) is 0 Å². The lowest BCUT2D eigenvalue weighted by Crippen LogP contribution is -2.48. The van der Waals surface area contributed by atoms with E-state index in [9.17, 15) is 13.2 Å². The highest BCUT2D eigenvalue weighted by Crippen LogP contribution is 2.21. The van der Waals surface area contributed by atoms with Crippen LogP contribution in [0.5, 0.6) is 0 Å². The Kier molecular flexibility index (Phi) is 8.50. The van der Waals surface area contributed by atoms with Crippen LogP contribution in [0.4, 0.5) is 0 Å². The van der Waals surface area contributed by atoms with E-state index < -0.39 is 10.0 Å². The van der Waals surface area contributed by atoms with Crippen LogP contribution in [0.3, 0.4) is 0 Å². The summed E-state index contributed by atoms with van der Waals surface area (Å²) in [6.07, 6.45) is 3.78. The number of nitrogens with zero attached hydrogens (tertiary/aromatic N) is 3. The highest BCUT2D eigenvalue weighted by molar-refractivity contribution is 7.89. The van der Waals surface area contributed by atoms with Crippen LogP contribution in [0.25, 0.3) is 0 Å². The van der Waals surface area contributed by atoms with Crippen molar-refractivity contribution in [2.45, 2.75) is 57.4 Å². The van der Waals surface area contributed by atoms with E-state index in [0.717, 1.165) is 43.6 Å². The normalized spacial score (nSPS) is 20.9. The second kappa shape index (κ2) is 10.9. The summed E-state index contributed by atoms with van der Waals surface area (Å²) in [6.45, 7) is 11.4. The molecule has 0 aromatic heterocycles. The van der Waals surface area contributed by atoms with Crippen LogP contribution >= 0.6 is 0 Å². The van der Waals surface area contributed by atoms with Crippen LogP contribution in [0.2, 0.25) is 0 Å². The molecule has 2 heterocycles. The van der Waals surface area contributed by atoms with Crippen molar-refractivity contribution in [3.63, 3.8) is 0 Å². The van der Waals surface area contributed by atoms with Crippen LogP contribution in [0.1, 0.15) is 43.7 Å². The first-order chi connectivity index (χ1) is 14.8. The molecule has 0 bridgehead atoms. The molecule has 7 nitrogen and oxygen atoms in total. The molecular formula is C23H38N4O3S. The minimum Gasteiger partial charge on any atom is -0.340 e. The highest BCUT2D eigenvalue weighted by Gasteiger charge is 2.28. The number of likely N-dealkylation sites (tertiary alicyclic amines) is 1. The van der Waals surface area contributed by atoms with E-state index in [1.165, 1.54) is 10.7 Å². The number of rotatable bonds is 8. The fourth-order valence-electron chi connectivity index (χ4n) is 4.40. The van der Waals surface area contributed by atoms with E-state index in [0.29, 0.717) is 37.1 Å². The average Bonchev–Trinajstić information content (AvgIpc) is 2.77. The molecule has 0 aliphatic carbocycles. The minimum absolute atomic E-state index is 0.0353. The number of carbonyl (C=O) groups excluding carboxylic acids is 1. The van der Waals surface area contributed by atoms with Gasteiger partial charge in [-0.1, -0.05) is 12.5 Å². The number of amides is 1. The first kappa shape index (κ1) is 24.2. The molecule has 3 rings (SSSR count).